The predicted molar refractivity (Wildman–Crippen MR) is 84.1 cm³/mol. The maximum absolute atomic E-state index is 12.8. The fraction of sp³-hybridized carbons (Fsp3) is 0.294. The Balaban J connectivity index is 1.84. The molecule has 1 saturated heterocycles. The number of ether oxygens (including phenoxy) is 1. The highest BCUT2D eigenvalue weighted by atomic mass is 16.8. The van der Waals surface area contributed by atoms with Crippen LogP contribution in [0.5, 0.6) is 0 Å². The second kappa shape index (κ2) is 5.64. The highest BCUT2D eigenvalue weighted by molar-refractivity contribution is 6.26. The van der Waals surface area contributed by atoms with Gasteiger partial charge in [-0.15, -0.1) is 0 Å². The van der Waals surface area contributed by atoms with E-state index in [1.807, 2.05) is 0 Å². The van der Waals surface area contributed by atoms with Gasteiger partial charge in [0, 0.05) is 34.6 Å². The molecule has 0 radical (unpaired) electrons. The van der Waals surface area contributed by atoms with Crippen LogP contribution in [-0.4, -0.2) is 41.2 Å². The third-order valence-corrected chi connectivity index (χ3v) is 4.63. The fourth-order valence-electron chi connectivity index (χ4n) is 3.49. The molecule has 4 rings (SSSR count). The Labute approximate surface area is 137 Å². The van der Waals surface area contributed by atoms with E-state index < -0.39 is 17.0 Å². The second-order valence-electron chi connectivity index (χ2n) is 6.05. The van der Waals surface area contributed by atoms with E-state index in [2.05, 4.69) is 0 Å². The molecular weight excluding hydrogens is 312 g/mol. The number of hydrogen-bond acceptors (Lipinski definition) is 5. The zero-order valence-electron chi connectivity index (χ0n) is 12.8. The highest BCUT2D eigenvalue weighted by Gasteiger charge is 2.36. The molecule has 2 amide bonds. The van der Waals surface area contributed by atoms with Crippen LogP contribution in [0.3, 0.4) is 0 Å². The molecule has 0 saturated carbocycles. The van der Waals surface area contributed by atoms with E-state index in [9.17, 15) is 20.0 Å². The minimum absolute atomic E-state index is 0.0868. The van der Waals surface area contributed by atoms with Crippen molar-refractivity contribution < 1.29 is 24.8 Å². The Hall–Kier alpha value is -2.32. The van der Waals surface area contributed by atoms with Crippen molar-refractivity contribution in [2.45, 2.75) is 18.9 Å². The molecule has 7 nitrogen and oxygen atoms in total. The summed E-state index contributed by atoms with van der Waals surface area (Å²) >= 11 is 0. The first kappa shape index (κ1) is 15.2. The number of rotatable bonds is 3. The molecule has 0 aromatic heterocycles. The van der Waals surface area contributed by atoms with Gasteiger partial charge in [0.25, 0.3) is 11.8 Å². The zero-order valence-corrected chi connectivity index (χ0v) is 12.8. The number of nitrogens with one attached hydrogen (secondary N) is 1. The number of nitrogens with zero attached hydrogens (tertiary/aromatic N) is 1. The van der Waals surface area contributed by atoms with Crippen LogP contribution in [0, 0.1) is 5.21 Å². The molecule has 7 heteroatoms. The summed E-state index contributed by atoms with van der Waals surface area (Å²) in [6, 6.07) is 7.82. The Morgan fingerprint density at radius 1 is 1.21 bits per heavy atom. The second-order valence-corrected chi connectivity index (χ2v) is 6.05. The van der Waals surface area contributed by atoms with Gasteiger partial charge in [-0.2, -0.15) is 5.23 Å². The molecule has 2 unspecified atom stereocenters. The summed E-state index contributed by atoms with van der Waals surface area (Å²) < 4.78 is 5.54. The van der Waals surface area contributed by atoms with Crippen molar-refractivity contribution >= 4 is 28.3 Å². The minimum atomic E-state index is -1.08. The molecule has 2 aliphatic rings. The molecule has 1 fully saturated rings. The van der Waals surface area contributed by atoms with Crippen molar-refractivity contribution in [3.63, 3.8) is 0 Å². The molecule has 0 spiro atoms. The number of carbonyl (C=O) groups excluding carboxylic acids is 2. The van der Waals surface area contributed by atoms with Gasteiger partial charge in [-0.25, -0.2) is 5.21 Å². The van der Waals surface area contributed by atoms with Gasteiger partial charge in [0.05, 0.1) is 12.6 Å². The van der Waals surface area contributed by atoms with E-state index in [0.717, 1.165) is 12.8 Å². The van der Waals surface area contributed by atoms with Crippen molar-refractivity contribution in [2.24, 2.45) is 0 Å². The minimum Gasteiger partial charge on any atom is -0.595 e. The summed E-state index contributed by atoms with van der Waals surface area (Å²) in [7, 11) is 0. The van der Waals surface area contributed by atoms with Gasteiger partial charge < -0.3 is 9.94 Å². The first-order valence-electron chi connectivity index (χ1n) is 7.84. The maximum atomic E-state index is 12.8. The topological polar surface area (TPSA) is 94.3 Å². The van der Waals surface area contributed by atoms with E-state index in [0.29, 0.717) is 28.5 Å². The van der Waals surface area contributed by atoms with Crippen molar-refractivity contribution in [1.82, 2.24) is 4.90 Å². The van der Waals surface area contributed by atoms with Gasteiger partial charge in [0.15, 0.2) is 5.69 Å². The number of amides is 2. The molecule has 2 heterocycles. The van der Waals surface area contributed by atoms with E-state index in [-0.39, 0.29) is 18.3 Å². The summed E-state index contributed by atoms with van der Waals surface area (Å²) in [5, 5.41) is 20.5. The van der Waals surface area contributed by atoms with Gasteiger partial charge in [0.1, 0.15) is 0 Å². The van der Waals surface area contributed by atoms with Gasteiger partial charge in [0.2, 0.25) is 0 Å². The summed E-state index contributed by atoms with van der Waals surface area (Å²) in [6.45, 7) is 0.878. The van der Waals surface area contributed by atoms with Crippen LogP contribution in [0.25, 0.3) is 10.8 Å². The molecule has 2 N–H and O–H groups in total. The SMILES string of the molecule is O=C1c2cccc3c([NH+]([O-])O)ccc(c23)C(=O)N1CC1CCCO1. The lowest BCUT2D eigenvalue weighted by molar-refractivity contribution is -0.990. The van der Waals surface area contributed by atoms with Crippen molar-refractivity contribution in [1.29, 1.82) is 0 Å². The van der Waals surface area contributed by atoms with Crippen molar-refractivity contribution in [3.05, 3.63) is 46.7 Å². The molecule has 2 aromatic rings. The molecule has 2 aliphatic heterocycles. The Bertz CT molecular complexity index is 820. The molecule has 0 aliphatic carbocycles. The quantitative estimate of drug-likeness (QED) is 0.648. The lowest BCUT2D eigenvalue weighted by atomic mass is 9.93. The van der Waals surface area contributed by atoms with Crippen LogP contribution >= 0.6 is 0 Å². The largest absolute Gasteiger partial charge is 0.595 e. The van der Waals surface area contributed by atoms with Gasteiger partial charge in [-0.1, -0.05) is 6.07 Å². The standard InChI is InChI=1S/C17H16N2O5/c20-16-12-5-1-4-11-14(19(22)23)7-6-13(15(11)12)17(21)18(16)9-10-3-2-8-24-10/h1,4-7,10,19,22H,2-3,8-9H2. The zero-order chi connectivity index (χ0) is 16.8. The maximum Gasteiger partial charge on any atom is 0.261 e. The van der Waals surface area contributed by atoms with E-state index >= 15 is 0 Å². The molecule has 2 aromatic carbocycles. The third kappa shape index (κ3) is 2.22. The summed E-state index contributed by atoms with van der Waals surface area (Å²) in [6.07, 6.45) is 1.62. The van der Waals surface area contributed by atoms with Gasteiger partial charge in [-0.05, 0) is 31.0 Å². The Morgan fingerprint density at radius 2 is 1.96 bits per heavy atom. The van der Waals surface area contributed by atoms with Crippen LogP contribution in [0.1, 0.15) is 33.6 Å². The normalized spacial score (nSPS) is 21.6. The van der Waals surface area contributed by atoms with Crippen LogP contribution in [0.2, 0.25) is 0 Å². The first-order chi connectivity index (χ1) is 11.6. The lowest BCUT2D eigenvalue weighted by Crippen LogP contribution is -2.99. The summed E-state index contributed by atoms with van der Waals surface area (Å²) in [4.78, 5) is 26.8. The first-order valence-corrected chi connectivity index (χ1v) is 7.84. The van der Waals surface area contributed by atoms with Crippen LogP contribution < -0.4 is 5.23 Å². The number of imide groups is 1. The molecule has 0 bridgehead atoms. The van der Waals surface area contributed by atoms with Gasteiger partial charge >= 0.3 is 0 Å². The molecule has 24 heavy (non-hydrogen) atoms. The van der Waals surface area contributed by atoms with E-state index in [1.54, 1.807) is 18.2 Å². The average Bonchev–Trinajstić information content (AvgIpc) is 3.09. The smallest absolute Gasteiger partial charge is 0.261 e. The van der Waals surface area contributed by atoms with Crippen LogP contribution in [0.15, 0.2) is 30.3 Å². The Morgan fingerprint density at radius 3 is 2.62 bits per heavy atom. The number of benzene rings is 2. The predicted octanol–water partition coefficient (Wildman–Crippen LogP) is 1.02. The average molecular weight is 328 g/mol. The molecule has 124 valence electrons. The lowest BCUT2D eigenvalue weighted by Gasteiger charge is -2.29. The fourth-order valence-corrected chi connectivity index (χ4v) is 3.49. The van der Waals surface area contributed by atoms with E-state index in [1.165, 1.54) is 17.0 Å². The number of carbonyl (C=O) groups is 2. The number of hydrogen-bond donors (Lipinski definition) is 2. The molecule has 2 atom stereocenters. The van der Waals surface area contributed by atoms with Crippen molar-refractivity contribution in [2.75, 3.05) is 13.2 Å². The monoisotopic (exact) mass is 328 g/mol. The summed E-state index contributed by atoms with van der Waals surface area (Å²) in [5.74, 6) is -0.785. The van der Waals surface area contributed by atoms with Gasteiger partial charge in [-0.3, -0.25) is 14.5 Å². The van der Waals surface area contributed by atoms with E-state index in [4.69, 9.17) is 4.74 Å². The van der Waals surface area contributed by atoms with Crippen LogP contribution in [-0.2, 0) is 4.74 Å². The molecular formula is C17H16N2O5. The van der Waals surface area contributed by atoms with Crippen LogP contribution in [0.4, 0.5) is 5.69 Å². The highest BCUT2D eigenvalue weighted by Crippen LogP contribution is 2.33. The third-order valence-electron chi connectivity index (χ3n) is 4.63. The Kier molecular flexibility index (Phi) is 3.58. The summed E-state index contributed by atoms with van der Waals surface area (Å²) in [5.41, 5.74) is 0.815. The van der Waals surface area contributed by atoms with Crippen molar-refractivity contribution in [3.8, 4) is 0 Å². The number of quaternary nitrogens is 1.